The van der Waals surface area contributed by atoms with E-state index in [1.54, 1.807) is 0 Å². The Morgan fingerprint density at radius 1 is 1.58 bits per heavy atom. The van der Waals surface area contributed by atoms with Gasteiger partial charge in [0.1, 0.15) is 5.82 Å². The summed E-state index contributed by atoms with van der Waals surface area (Å²) in [4.78, 5) is 4.45. The zero-order chi connectivity index (χ0) is 8.55. The standard InChI is InChI=1S/C9H13N2P/c1-6-5-8(12)7-3-2-4-10-9(7)11-6/h5H,2-4,12H2,1H3,(H,10,11). The van der Waals surface area contributed by atoms with E-state index in [0.29, 0.717) is 0 Å². The summed E-state index contributed by atoms with van der Waals surface area (Å²) in [6.45, 7) is 3.09. The van der Waals surface area contributed by atoms with Crippen LogP contribution in [0.3, 0.4) is 0 Å². The second-order valence-corrected chi connectivity index (χ2v) is 3.83. The molecule has 2 rings (SSSR count). The number of anilines is 1. The number of nitrogens with zero attached hydrogens (tertiary/aromatic N) is 1. The summed E-state index contributed by atoms with van der Waals surface area (Å²) in [6.07, 6.45) is 2.38. The fourth-order valence-electron chi connectivity index (χ4n) is 1.61. The first-order chi connectivity index (χ1) is 5.77. The van der Waals surface area contributed by atoms with Crippen LogP contribution in [0.1, 0.15) is 17.7 Å². The van der Waals surface area contributed by atoms with Gasteiger partial charge in [0, 0.05) is 17.8 Å². The van der Waals surface area contributed by atoms with Crippen LogP contribution in [-0.4, -0.2) is 11.5 Å². The monoisotopic (exact) mass is 180 g/mol. The van der Waals surface area contributed by atoms with E-state index in [2.05, 4.69) is 25.6 Å². The van der Waals surface area contributed by atoms with Crippen molar-refractivity contribution in [3.8, 4) is 0 Å². The van der Waals surface area contributed by atoms with Gasteiger partial charge in [-0.3, -0.25) is 0 Å². The molecule has 12 heavy (non-hydrogen) atoms. The van der Waals surface area contributed by atoms with Crippen LogP contribution in [-0.2, 0) is 6.42 Å². The molecule has 0 spiro atoms. The van der Waals surface area contributed by atoms with E-state index in [0.717, 1.165) is 24.5 Å². The van der Waals surface area contributed by atoms with Gasteiger partial charge in [0.15, 0.2) is 0 Å². The van der Waals surface area contributed by atoms with Gasteiger partial charge in [-0.2, -0.15) is 0 Å². The molecular formula is C9H13N2P. The Hall–Kier alpha value is -0.620. The van der Waals surface area contributed by atoms with E-state index in [9.17, 15) is 0 Å². The highest BCUT2D eigenvalue weighted by molar-refractivity contribution is 7.27. The zero-order valence-electron chi connectivity index (χ0n) is 7.22. The van der Waals surface area contributed by atoms with Crippen LogP contribution in [0.5, 0.6) is 0 Å². The summed E-state index contributed by atoms with van der Waals surface area (Å²) in [7, 11) is 2.78. The molecule has 0 saturated carbocycles. The molecule has 0 amide bonds. The first-order valence-corrected chi connectivity index (χ1v) is 4.85. The van der Waals surface area contributed by atoms with Crippen LogP contribution < -0.4 is 10.6 Å². The minimum Gasteiger partial charge on any atom is -0.370 e. The number of hydrogen-bond donors (Lipinski definition) is 1. The highest BCUT2D eigenvalue weighted by Gasteiger charge is 2.12. The van der Waals surface area contributed by atoms with Crippen LogP contribution in [0.25, 0.3) is 0 Å². The second-order valence-electron chi connectivity index (χ2n) is 3.21. The Balaban J connectivity index is 2.53. The third-order valence-electron chi connectivity index (χ3n) is 2.18. The topological polar surface area (TPSA) is 24.9 Å². The fourth-order valence-corrected chi connectivity index (χ4v) is 2.13. The first kappa shape index (κ1) is 8.00. The molecule has 1 aliphatic heterocycles. The maximum absolute atomic E-state index is 4.45. The van der Waals surface area contributed by atoms with Crippen LogP contribution in [0.15, 0.2) is 6.07 Å². The average molecular weight is 180 g/mol. The van der Waals surface area contributed by atoms with Gasteiger partial charge in [0.2, 0.25) is 0 Å². The number of aromatic nitrogens is 1. The summed E-state index contributed by atoms with van der Waals surface area (Å²) in [5.74, 6) is 1.09. The molecule has 0 bridgehead atoms. The second kappa shape index (κ2) is 3.02. The molecule has 0 saturated heterocycles. The Kier molecular flexibility index (Phi) is 2.02. The number of aryl methyl sites for hydroxylation is 1. The minimum absolute atomic E-state index is 1.06. The molecule has 0 aliphatic carbocycles. The van der Waals surface area contributed by atoms with E-state index >= 15 is 0 Å². The van der Waals surface area contributed by atoms with Gasteiger partial charge >= 0.3 is 0 Å². The van der Waals surface area contributed by atoms with Crippen LogP contribution in [0.4, 0.5) is 5.82 Å². The molecule has 0 fully saturated rings. The Labute approximate surface area is 75.0 Å². The molecule has 2 nitrogen and oxygen atoms in total. The number of fused-ring (bicyclic) bond motifs is 1. The van der Waals surface area contributed by atoms with Crippen LogP contribution >= 0.6 is 9.24 Å². The first-order valence-electron chi connectivity index (χ1n) is 4.27. The fraction of sp³-hybridized carbons (Fsp3) is 0.444. The minimum atomic E-state index is 1.06. The van der Waals surface area contributed by atoms with Crippen molar-refractivity contribution in [2.24, 2.45) is 0 Å². The van der Waals surface area contributed by atoms with E-state index in [1.165, 1.54) is 17.3 Å². The van der Waals surface area contributed by atoms with Gasteiger partial charge in [-0.1, -0.05) is 0 Å². The summed E-state index contributed by atoms with van der Waals surface area (Å²) in [5.41, 5.74) is 2.46. The lowest BCUT2D eigenvalue weighted by Gasteiger charge is -2.18. The van der Waals surface area contributed by atoms with Gasteiger partial charge in [-0.25, -0.2) is 4.98 Å². The number of nitrogens with one attached hydrogen (secondary N) is 1. The predicted octanol–water partition coefficient (Wildman–Crippen LogP) is 1.25. The van der Waals surface area contributed by atoms with Crippen molar-refractivity contribution in [2.75, 3.05) is 11.9 Å². The van der Waals surface area contributed by atoms with Crippen LogP contribution in [0.2, 0.25) is 0 Å². The summed E-state index contributed by atoms with van der Waals surface area (Å²) in [6, 6.07) is 2.12. The Bertz CT molecular complexity index is 310. The van der Waals surface area contributed by atoms with Gasteiger partial charge in [-0.05, 0) is 31.1 Å². The van der Waals surface area contributed by atoms with Crippen molar-refractivity contribution < 1.29 is 0 Å². The lowest BCUT2D eigenvalue weighted by molar-refractivity contribution is 0.820. The van der Waals surface area contributed by atoms with Gasteiger partial charge in [-0.15, -0.1) is 9.24 Å². The van der Waals surface area contributed by atoms with E-state index in [1.807, 2.05) is 6.92 Å². The van der Waals surface area contributed by atoms with Gasteiger partial charge < -0.3 is 5.32 Å². The summed E-state index contributed by atoms with van der Waals surface area (Å²) in [5, 5.41) is 4.62. The molecular weight excluding hydrogens is 167 g/mol. The Morgan fingerprint density at radius 3 is 3.25 bits per heavy atom. The smallest absolute Gasteiger partial charge is 0.130 e. The molecule has 1 atom stereocenters. The van der Waals surface area contributed by atoms with E-state index in [-0.39, 0.29) is 0 Å². The van der Waals surface area contributed by atoms with Crippen molar-refractivity contribution >= 4 is 20.4 Å². The maximum Gasteiger partial charge on any atom is 0.130 e. The molecule has 0 aromatic carbocycles. The lowest BCUT2D eigenvalue weighted by Crippen LogP contribution is -2.19. The molecule has 0 radical (unpaired) electrons. The molecule has 1 unspecified atom stereocenters. The zero-order valence-corrected chi connectivity index (χ0v) is 8.38. The molecule has 1 aromatic rings. The number of rotatable bonds is 0. The molecule has 1 aromatic heterocycles. The third kappa shape index (κ3) is 1.32. The number of hydrogen-bond acceptors (Lipinski definition) is 2. The van der Waals surface area contributed by atoms with Gasteiger partial charge in [0.25, 0.3) is 0 Å². The van der Waals surface area contributed by atoms with Crippen molar-refractivity contribution in [3.63, 3.8) is 0 Å². The highest BCUT2D eigenvalue weighted by atomic mass is 31.0. The maximum atomic E-state index is 4.45. The molecule has 2 heterocycles. The Morgan fingerprint density at radius 2 is 2.42 bits per heavy atom. The van der Waals surface area contributed by atoms with E-state index in [4.69, 9.17) is 0 Å². The van der Waals surface area contributed by atoms with Crippen molar-refractivity contribution in [3.05, 3.63) is 17.3 Å². The van der Waals surface area contributed by atoms with Crippen molar-refractivity contribution in [1.82, 2.24) is 4.98 Å². The lowest BCUT2D eigenvalue weighted by atomic mass is 10.1. The summed E-state index contributed by atoms with van der Waals surface area (Å²) >= 11 is 0. The normalized spacial score (nSPS) is 15.2. The SMILES string of the molecule is Cc1cc(P)c2c(n1)NCCC2. The predicted molar refractivity (Wildman–Crippen MR) is 55.1 cm³/mol. The van der Waals surface area contributed by atoms with E-state index < -0.39 is 0 Å². The van der Waals surface area contributed by atoms with Crippen LogP contribution in [0, 0.1) is 6.92 Å². The third-order valence-corrected chi connectivity index (χ3v) is 2.70. The number of pyridine rings is 1. The quantitative estimate of drug-likeness (QED) is 0.608. The molecule has 1 aliphatic rings. The van der Waals surface area contributed by atoms with Gasteiger partial charge in [0.05, 0.1) is 0 Å². The largest absolute Gasteiger partial charge is 0.370 e. The molecule has 1 N–H and O–H groups in total. The van der Waals surface area contributed by atoms with Crippen molar-refractivity contribution in [1.29, 1.82) is 0 Å². The molecule has 3 heteroatoms. The molecule has 64 valence electrons. The van der Waals surface area contributed by atoms with Crippen molar-refractivity contribution in [2.45, 2.75) is 19.8 Å². The highest BCUT2D eigenvalue weighted by Crippen LogP contribution is 2.19. The summed E-state index contributed by atoms with van der Waals surface area (Å²) < 4.78 is 0. The average Bonchev–Trinajstić information content (AvgIpc) is 2.04.